The van der Waals surface area contributed by atoms with E-state index in [0.717, 1.165) is 19.3 Å². The minimum atomic E-state index is -1.03. The van der Waals surface area contributed by atoms with Crippen molar-refractivity contribution in [2.24, 2.45) is 101 Å². The Hall–Kier alpha value is -0.800. The molecule has 0 bridgehead atoms. The standard InChI is InChI=1S/C78H140O20/c1-27-54-36(9)34(7)43(16)73(85-54)96-69-49(22)62(81)78(89-59(69)32-6)97-68-42(15)48(21)76(88-58(68)31-5)95-67-41(14)47(20)75(87-57(67)30-4)94-66-40(13)46(19)74(86-56(66)29-3)91-63-39(12)45(18)72(84-52(63)25)98-70-60(33-79)90-77(50(23)61(70)80)92-64-38(11)44(17)71(83-53(64)26)93-65-37(10)35(8)51(24)82-55(65)28-2/h34-81H,27-33H2,1-26H3/t34-,35?,36-,37+,38?,39+,40+,41?,42?,43?,44?,45?,46?,47?,48?,49+,50?,51+,52?,53-,54?,55?,56?,57-,58-,59?,60-,61?,62?,63-,64-,65-,66-,67-,68-,69-,70+,71-,72-,73+,74+,75-,76+,77+,78-/m0/s1. The monoisotopic (exact) mass is 1400 g/mol. The third-order valence-electron chi connectivity index (χ3n) is 27.3. The lowest BCUT2D eigenvalue weighted by atomic mass is 9.78. The molecule has 20 heteroatoms. The van der Waals surface area contributed by atoms with Crippen molar-refractivity contribution in [3.05, 3.63) is 0 Å². The molecule has 18 unspecified atom stereocenters. The second-order valence-electron chi connectivity index (χ2n) is 33.1. The van der Waals surface area contributed by atoms with Gasteiger partial charge in [0, 0.05) is 47.3 Å². The fourth-order valence-electron chi connectivity index (χ4n) is 18.1. The van der Waals surface area contributed by atoms with Crippen LogP contribution in [0.2, 0.25) is 0 Å². The van der Waals surface area contributed by atoms with Crippen LogP contribution in [0.1, 0.15) is 219 Å². The van der Waals surface area contributed by atoms with Crippen molar-refractivity contribution < 1.29 is 95.8 Å². The van der Waals surface area contributed by atoms with E-state index in [1.807, 2.05) is 27.7 Å². The average molecular weight is 1400 g/mol. The van der Waals surface area contributed by atoms with E-state index in [9.17, 15) is 15.3 Å². The number of ether oxygens (including phenoxy) is 17. The maximum Gasteiger partial charge on any atom is 0.184 e. The molecule has 0 amide bonds. The molecule has 0 aromatic rings. The van der Waals surface area contributed by atoms with Crippen LogP contribution >= 0.6 is 0 Å². The van der Waals surface area contributed by atoms with E-state index in [4.69, 9.17) is 80.5 Å². The second-order valence-corrected chi connectivity index (χ2v) is 33.1. The van der Waals surface area contributed by atoms with Gasteiger partial charge in [0.25, 0.3) is 0 Å². The van der Waals surface area contributed by atoms with E-state index in [1.54, 1.807) is 0 Å². The number of hydrogen-bond acceptors (Lipinski definition) is 20. The summed E-state index contributed by atoms with van der Waals surface area (Å²) in [6.07, 6.45) is -7.34. The van der Waals surface area contributed by atoms with E-state index in [-0.39, 0.29) is 175 Å². The molecule has 9 aliphatic heterocycles. The summed E-state index contributed by atoms with van der Waals surface area (Å²) in [6.45, 7) is 55.6. The van der Waals surface area contributed by atoms with Gasteiger partial charge in [-0.15, -0.1) is 0 Å². The highest BCUT2D eigenvalue weighted by Gasteiger charge is 2.57. The highest BCUT2D eigenvalue weighted by Crippen LogP contribution is 2.48. The van der Waals surface area contributed by atoms with Gasteiger partial charge in [-0.25, -0.2) is 0 Å². The van der Waals surface area contributed by atoms with Crippen LogP contribution < -0.4 is 0 Å². The molecule has 0 saturated carbocycles. The predicted molar refractivity (Wildman–Crippen MR) is 371 cm³/mol. The fraction of sp³-hybridized carbons (Fsp3) is 1.00. The van der Waals surface area contributed by atoms with Gasteiger partial charge in [0.1, 0.15) is 18.3 Å². The van der Waals surface area contributed by atoms with Gasteiger partial charge >= 0.3 is 0 Å². The quantitative estimate of drug-likeness (QED) is 0.0866. The van der Waals surface area contributed by atoms with Crippen LogP contribution in [0.5, 0.6) is 0 Å². The van der Waals surface area contributed by atoms with E-state index >= 15 is 0 Å². The Labute approximate surface area is 591 Å². The summed E-state index contributed by atoms with van der Waals surface area (Å²) in [6, 6.07) is 0. The normalized spacial score (nSPS) is 54.5. The van der Waals surface area contributed by atoms with Gasteiger partial charge in [0.15, 0.2) is 50.3 Å². The minimum Gasteiger partial charge on any atom is -0.394 e. The van der Waals surface area contributed by atoms with Gasteiger partial charge in [0.2, 0.25) is 0 Å². The zero-order chi connectivity index (χ0) is 72.0. The van der Waals surface area contributed by atoms with Crippen LogP contribution in [0.4, 0.5) is 0 Å². The summed E-state index contributed by atoms with van der Waals surface area (Å²) in [5.74, 6) is 0.810. The smallest absolute Gasteiger partial charge is 0.184 e. The Morgan fingerprint density at radius 3 is 0.827 bits per heavy atom. The molecule has 98 heavy (non-hydrogen) atoms. The van der Waals surface area contributed by atoms with Crippen LogP contribution in [0.3, 0.4) is 0 Å². The van der Waals surface area contributed by atoms with Gasteiger partial charge in [-0.3, -0.25) is 0 Å². The van der Waals surface area contributed by atoms with Crippen LogP contribution in [-0.4, -0.2) is 194 Å². The van der Waals surface area contributed by atoms with Crippen molar-refractivity contribution >= 4 is 0 Å². The molecule has 20 nitrogen and oxygen atoms in total. The van der Waals surface area contributed by atoms with Crippen molar-refractivity contribution in [1.29, 1.82) is 0 Å². The molecule has 0 aromatic heterocycles. The van der Waals surface area contributed by atoms with Crippen molar-refractivity contribution in [1.82, 2.24) is 0 Å². The molecule has 0 radical (unpaired) electrons. The minimum absolute atomic E-state index is 0.00325. The summed E-state index contributed by atoms with van der Waals surface area (Å²) < 4.78 is 116. The molecule has 9 rings (SSSR count). The van der Waals surface area contributed by atoms with E-state index < -0.39 is 80.5 Å². The van der Waals surface area contributed by atoms with Gasteiger partial charge < -0.3 is 95.8 Å². The number of rotatable bonds is 23. The first-order chi connectivity index (χ1) is 46.4. The summed E-state index contributed by atoms with van der Waals surface area (Å²) in [7, 11) is 0. The lowest BCUT2D eigenvalue weighted by Crippen LogP contribution is -2.62. The van der Waals surface area contributed by atoms with E-state index in [2.05, 4.69) is 152 Å². The maximum atomic E-state index is 12.1. The van der Waals surface area contributed by atoms with Gasteiger partial charge in [-0.1, -0.05) is 159 Å². The summed E-state index contributed by atoms with van der Waals surface area (Å²) >= 11 is 0. The maximum absolute atomic E-state index is 12.1. The zero-order valence-electron chi connectivity index (χ0n) is 65.2. The molecule has 9 heterocycles. The molecule has 9 aliphatic rings. The molecule has 0 aliphatic carbocycles. The van der Waals surface area contributed by atoms with Crippen molar-refractivity contribution in [2.75, 3.05) is 6.61 Å². The molecule has 572 valence electrons. The topological polar surface area (TPSA) is 218 Å². The lowest BCUT2D eigenvalue weighted by Gasteiger charge is -2.52. The molecule has 45 atom stereocenters. The Kier molecular flexibility index (Phi) is 28.9. The molecule has 3 N–H and O–H groups in total. The molecule has 9 fully saturated rings. The number of aliphatic hydroxyl groups excluding tert-OH is 3. The molecule has 0 spiro atoms. The summed E-state index contributed by atoms with van der Waals surface area (Å²) in [5.41, 5.74) is 0. The van der Waals surface area contributed by atoms with Gasteiger partial charge in [-0.05, 0) is 113 Å². The fourth-order valence-corrected chi connectivity index (χ4v) is 18.1. The molecular weight excluding hydrogens is 1260 g/mol. The van der Waals surface area contributed by atoms with Crippen LogP contribution in [0.15, 0.2) is 0 Å². The average Bonchev–Trinajstić information content (AvgIpc) is 0.779. The van der Waals surface area contributed by atoms with Gasteiger partial charge in [0.05, 0.1) is 110 Å². The predicted octanol–water partition coefficient (Wildman–Crippen LogP) is 12.7. The Balaban J connectivity index is 0.759. The van der Waals surface area contributed by atoms with Crippen LogP contribution in [0.25, 0.3) is 0 Å². The van der Waals surface area contributed by atoms with Crippen LogP contribution in [0, 0.1) is 101 Å². The van der Waals surface area contributed by atoms with Crippen molar-refractivity contribution in [3.63, 3.8) is 0 Å². The number of hydrogen-bond donors (Lipinski definition) is 3. The Bertz CT molecular complexity index is 2380. The summed E-state index contributed by atoms with van der Waals surface area (Å²) in [5, 5.41) is 34.9. The molecular formula is C78H140O20. The SMILES string of the molecule is CCC1O[C@H](O[C@@H]2C(CC)O[C@@H](O[C@H]3C(C)C(C)[C@@H](O[C@H]4C(C)C(C)[C@H](O[C@@H]5C(CC)O[C@H](O[C@@H]6C(C)O[C@@H](O[C@H]7C(O)C(C)[C@@H](O[C@H]8C(C)C(C)[C@H](O[C@@H]9C(CC)O[C@H](C)C(C)[C@H]9C)O[C@H]8C)O[C@H]7CO)C(C)[C@H]6C)C(C)[C@H]5C)O[C@H]4CC)O[C@H]3CC)C(O)[C@H]2C)C(C)[C@@H](C)[C@@H]1C. The zero-order valence-corrected chi connectivity index (χ0v) is 65.2. The van der Waals surface area contributed by atoms with Gasteiger partial charge in [-0.2, -0.15) is 0 Å². The Morgan fingerprint density at radius 2 is 0.459 bits per heavy atom. The lowest BCUT2D eigenvalue weighted by molar-refractivity contribution is -0.374. The third kappa shape index (κ3) is 16.7. The largest absolute Gasteiger partial charge is 0.394 e. The van der Waals surface area contributed by atoms with E-state index in [1.165, 1.54) is 0 Å². The van der Waals surface area contributed by atoms with Crippen LogP contribution in [-0.2, 0) is 80.5 Å². The van der Waals surface area contributed by atoms with E-state index in [0.29, 0.717) is 42.9 Å². The highest BCUT2D eigenvalue weighted by molar-refractivity contribution is 4.99. The van der Waals surface area contributed by atoms with Crippen molar-refractivity contribution in [2.45, 2.75) is 391 Å². The molecule has 9 saturated heterocycles. The second kappa shape index (κ2) is 34.8. The first-order valence-corrected chi connectivity index (χ1v) is 39.5. The summed E-state index contributed by atoms with van der Waals surface area (Å²) in [4.78, 5) is 0. The highest BCUT2D eigenvalue weighted by atomic mass is 16.8. The molecule has 0 aromatic carbocycles. The Morgan fingerprint density at radius 1 is 0.204 bits per heavy atom. The number of aliphatic hydroxyl groups is 3. The first-order valence-electron chi connectivity index (χ1n) is 39.5. The first kappa shape index (κ1) is 81.3. The third-order valence-corrected chi connectivity index (χ3v) is 27.3. The van der Waals surface area contributed by atoms with Crippen molar-refractivity contribution in [3.8, 4) is 0 Å².